The van der Waals surface area contributed by atoms with Gasteiger partial charge in [0.2, 0.25) is 0 Å². The summed E-state index contributed by atoms with van der Waals surface area (Å²) < 4.78 is 16.6. The van der Waals surface area contributed by atoms with Gasteiger partial charge in [-0.25, -0.2) is 0 Å². The Labute approximate surface area is 178 Å². The average Bonchev–Trinajstić information content (AvgIpc) is 2.60. The first kappa shape index (κ1) is 32.2. The van der Waals surface area contributed by atoms with Crippen molar-refractivity contribution in [1.29, 1.82) is 0 Å². The Morgan fingerprint density at radius 1 is 0.556 bits per heavy atom. The first-order chi connectivity index (χ1) is 11.9. The molecule has 3 N–H and O–H groups in total. The van der Waals surface area contributed by atoms with Gasteiger partial charge in [-0.1, -0.05) is 103 Å². The number of unbranched alkanes of at least 4 members (excludes halogenated alkanes) is 9. The van der Waals surface area contributed by atoms with Crippen molar-refractivity contribution in [1.82, 2.24) is 6.15 Å². The van der Waals surface area contributed by atoms with Gasteiger partial charge in [-0.3, -0.25) is 0 Å². The third-order valence-corrected chi connectivity index (χ3v) is 11.7. The number of rotatable bonds is 18. The molecular weight excluding hydrogens is 394 g/mol. The lowest BCUT2D eigenvalue weighted by Gasteiger charge is -2.27. The van der Waals surface area contributed by atoms with Crippen molar-refractivity contribution < 1.29 is 13.3 Å². The van der Waals surface area contributed by atoms with E-state index in [0.717, 1.165) is 6.04 Å². The van der Waals surface area contributed by atoms with Crippen molar-refractivity contribution in [3.8, 4) is 0 Å². The van der Waals surface area contributed by atoms with Crippen LogP contribution in [0.1, 0.15) is 77.6 Å². The zero-order chi connectivity index (χ0) is 19.0. The van der Waals surface area contributed by atoms with Crippen LogP contribution in [0.25, 0.3) is 0 Å². The zero-order valence-corrected chi connectivity index (χ0v) is 22.1. The molecule has 0 saturated heterocycles. The molecule has 0 unspecified atom stereocenters. The van der Waals surface area contributed by atoms with E-state index in [2.05, 4.69) is 20.0 Å². The minimum absolute atomic E-state index is 0. The van der Waals surface area contributed by atoms with E-state index in [9.17, 15) is 0 Å². The summed E-state index contributed by atoms with van der Waals surface area (Å²) in [5.74, 6) is 0. The third kappa shape index (κ3) is 17.2. The Morgan fingerprint density at radius 2 is 0.926 bits per heavy atom. The van der Waals surface area contributed by atoms with Crippen molar-refractivity contribution in [2.75, 3.05) is 21.3 Å². The fourth-order valence-corrected chi connectivity index (χ4v) is 8.22. The zero-order valence-electron chi connectivity index (χ0n) is 19.2. The van der Waals surface area contributed by atoms with E-state index in [1.54, 1.807) is 21.3 Å². The Balaban J connectivity index is -0.00000288. The van der Waals surface area contributed by atoms with Crippen LogP contribution in [0.3, 0.4) is 0 Å². The van der Waals surface area contributed by atoms with Gasteiger partial charge in [-0.15, -0.1) is 12.4 Å². The van der Waals surface area contributed by atoms with Crippen molar-refractivity contribution in [2.24, 2.45) is 0 Å². The predicted octanol–water partition coefficient (Wildman–Crippen LogP) is 7.47. The molecule has 0 aromatic rings. The maximum atomic E-state index is 5.53. The maximum Gasteiger partial charge on any atom is 0.500 e. The maximum absolute atomic E-state index is 5.53. The Kier molecular flexibility index (Phi) is 23.7. The Hall–Kier alpha value is 0.564. The molecule has 0 fully saturated rings. The summed E-state index contributed by atoms with van der Waals surface area (Å²) >= 11 is 0. The molecule has 27 heavy (non-hydrogen) atoms. The summed E-state index contributed by atoms with van der Waals surface area (Å²) in [5.41, 5.74) is 0. The molecule has 0 aliphatic carbocycles. The molecule has 0 spiro atoms. The lowest BCUT2D eigenvalue weighted by atomic mass is 10.1. The van der Waals surface area contributed by atoms with Gasteiger partial charge in [0, 0.05) is 35.4 Å². The Bertz CT molecular complexity index is 299. The first-order valence-corrected chi connectivity index (χ1v) is 16.0. The van der Waals surface area contributed by atoms with Crippen LogP contribution in [0.2, 0.25) is 31.2 Å². The summed E-state index contributed by atoms with van der Waals surface area (Å²) in [4.78, 5) is 0. The molecule has 0 heterocycles. The van der Waals surface area contributed by atoms with Crippen LogP contribution in [-0.4, -0.2) is 38.2 Å². The van der Waals surface area contributed by atoms with Gasteiger partial charge >= 0.3 is 8.80 Å². The summed E-state index contributed by atoms with van der Waals surface area (Å²) in [5, 5.41) is 0. The molecule has 168 valence electrons. The lowest BCUT2D eigenvalue weighted by Crippen LogP contribution is -2.43. The van der Waals surface area contributed by atoms with Crippen molar-refractivity contribution >= 4 is 29.3 Å². The molecule has 0 aliphatic heterocycles. The van der Waals surface area contributed by atoms with E-state index in [1.807, 2.05) is 0 Å². The van der Waals surface area contributed by atoms with Gasteiger partial charge in [0.05, 0.1) is 0 Å². The molecule has 0 radical (unpaired) electrons. The SMILES string of the molecule is CCCCCCCCCCCC[Si](C)(C)CCC[Si](OC)(OC)OC.Cl.N. The summed E-state index contributed by atoms with van der Waals surface area (Å²) in [6, 6.07) is 3.77. The van der Waals surface area contributed by atoms with Gasteiger partial charge in [0.1, 0.15) is 0 Å². The molecule has 0 aromatic carbocycles. The van der Waals surface area contributed by atoms with Crippen LogP contribution in [-0.2, 0) is 13.3 Å². The molecule has 0 rings (SSSR count). The van der Waals surface area contributed by atoms with Crippen LogP contribution < -0.4 is 6.15 Å². The van der Waals surface area contributed by atoms with Crippen LogP contribution in [0.15, 0.2) is 0 Å². The molecule has 0 atom stereocenters. The highest BCUT2D eigenvalue weighted by atomic mass is 35.5. The highest BCUT2D eigenvalue weighted by Gasteiger charge is 2.37. The third-order valence-electron chi connectivity index (χ3n) is 5.48. The molecular formula is C20H50ClNO3Si2. The van der Waals surface area contributed by atoms with E-state index in [1.165, 1.54) is 82.7 Å². The Morgan fingerprint density at radius 3 is 1.33 bits per heavy atom. The van der Waals surface area contributed by atoms with E-state index in [4.69, 9.17) is 13.3 Å². The highest BCUT2D eigenvalue weighted by molar-refractivity contribution is 6.77. The van der Waals surface area contributed by atoms with Crippen molar-refractivity contribution in [3.05, 3.63) is 0 Å². The topological polar surface area (TPSA) is 62.7 Å². The second kappa shape index (κ2) is 19.9. The number of halogens is 1. The van der Waals surface area contributed by atoms with Crippen LogP contribution >= 0.6 is 12.4 Å². The van der Waals surface area contributed by atoms with E-state index in [0.29, 0.717) is 0 Å². The number of hydrogen-bond acceptors (Lipinski definition) is 4. The van der Waals surface area contributed by atoms with Gasteiger partial charge in [0.15, 0.2) is 0 Å². The van der Waals surface area contributed by atoms with E-state index < -0.39 is 16.9 Å². The minimum Gasteiger partial charge on any atom is -0.377 e. The van der Waals surface area contributed by atoms with E-state index in [-0.39, 0.29) is 18.6 Å². The summed E-state index contributed by atoms with van der Waals surface area (Å²) in [7, 11) is 1.71. The van der Waals surface area contributed by atoms with Crippen molar-refractivity contribution in [2.45, 2.75) is 109 Å². The standard InChI is InChI=1S/C20H46O3Si2.ClH.H3N/c1-7-8-9-10-11-12-13-14-15-16-18-24(5,6)19-17-20-25(21-2,22-3)23-4;;/h7-20H2,1-6H3;1H;1H3. The average molecular weight is 444 g/mol. The highest BCUT2D eigenvalue weighted by Crippen LogP contribution is 2.25. The molecule has 0 saturated carbocycles. The number of hydrogen-bond donors (Lipinski definition) is 1. The van der Waals surface area contributed by atoms with Crippen LogP contribution in [0, 0.1) is 0 Å². The largest absolute Gasteiger partial charge is 0.500 e. The quantitative estimate of drug-likeness (QED) is 0.176. The van der Waals surface area contributed by atoms with E-state index >= 15 is 0 Å². The summed E-state index contributed by atoms with van der Waals surface area (Å²) in [6.45, 7) is 7.36. The minimum atomic E-state index is -2.36. The lowest BCUT2D eigenvalue weighted by molar-refractivity contribution is 0.123. The van der Waals surface area contributed by atoms with Gasteiger partial charge in [0.25, 0.3) is 0 Å². The molecule has 4 nitrogen and oxygen atoms in total. The second-order valence-corrected chi connectivity index (χ2v) is 16.7. The fraction of sp³-hybridized carbons (Fsp3) is 1.00. The molecule has 0 aromatic heterocycles. The second-order valence-electron chi connectivity index (χ2n) is 8.25. The van der Waals surface area contributed by atoms with Crippen LogP contribution in [0.4, 0.5) is 0 Å². The van der Waals surface area contributed by atoms with Crippen molar-refractivity contribution in [3.63, 3.8) is 0 Å². The van der Waals surface area contributed by atoms with Gasteiger partial charge in [-0.05, 0) is 0 Å². The monoisotopic (exact) mass is 443 g/mol. The van der Waals surface area contributed by atoms with Gasteiger partial charge < -0.3 is 19.4 Å². The molecule has 0 bridgehead atoms. The smallest absolute Gasteiger partial charge is 0.377 e. The normalized spacial score (nSPS) is 11.8. The molecule has 7 heteroatoms. The summed E-state index contributed by atoms with van der Waals surface area (Å²) in [6.07, 6.45) is 15.5. The molecule has 0 aliphatic rings. The predicted molar refractivity (Wildman–Crippen MR) is 127 cm³/mol. The fourth-order valence-electron chi connectivity index (χ4n) is 3.56. The molecule has 0 amide bonds. The van der Waals surface area contributed by atoms with Crippen LogP contribution in [0.5, 0.6) is 0 Å². The first-order valence-electron chi connectivity index (χ1n) is 10.6. The van der Waals surface area contributed by atoms with Gasteiger partial charge in [-0.2, -0.15) is 0 Å².